The lowest BCUT2D eigenvalue weighted by Gasteiger charge is -2.09. The minimum absolute atomic E-state index is 0.0528. The van der Waals surface area contributed by atoms with Gasteiger partial charge in [-0.3, -0.25) is 4.79 Å². The van der Waals surface area contributed by atoms with Crippen LogP contribution in [0.3, 0.4) is 0 Å². The predicted molar refractivity (Wildman–Crippen MR) is 91.4 cm³/mol. The summed E-state index contributed by atoms with van der Waals surface area (Å²) < 4.78 is 2.05. The molecule has 1 aromatic heterocycles. The van der Waals surface area contributed by atoms with Crippen molar-refractivity contribution in [1.82, 2.24) is 4.57 Å². The zero-order valence-corrected chi connectivity index (χ0v) is 13.1. The molecule has 1 N–H and O–H groups in total. The van der Waals surface area contributed by atoms with Gasteiger partial charge in [-0.05, 0) is 37.3 Å². The molecule has 23 heavy (non-hydrogen) atoms. The molecular weight excluding hydrogens is 286 g/mol. The van der Waals surface area contributed by atoms with Crippen molar-refractivity contribution >= 4 is 22.4 Å². The van der Waals surface area contributed by atoms with Crippen LogP contribution in [-0.2, 0) is 13.6 Å². The zero-order chi connectivity index (χ0) is 16.4. The summed E-state index contributed by atoms with van der Waals surface area (Å²) >= 11 is 0. The molecule has 0 aliphatic rings. The van der Waals surface area contributed by atoms with Crippen LogP contribution < -0.4 is 5.32 Å². The van der Waals surface area contributed by atoms with Gasteiger partial charge >= 0.3 is 0 Å². The number of rotatable bonds is 4. The first-order valence-electron chi connectivity index (χ1n) is 7.43. The summed E-state index contributed by atoms with van der Waals surface area (Å²) in [4.78, 5) is 11.3. The fourth-order valence-electron chi connectivity index (χ4n) is 2.79. The highest BCUT2D eigenvalue weighted by Crippen LogP contribution is 2.25. The van der Waals surface area contributed by atoms with Gasteiger partial charge in [-0.2, -0.15) is 5.26 Å². The highest BCUT2D eigenvalue weighted by molar-refractivity contribution is 5.94. The molecule has 0 fully saturated rings. The maximum atomic E-state index is 11.3. The summed E-state index contributed by atoms with van der Waals surface area (Å²) in [7, 11) is 1.97. The molecule has 0 aliphatic heterocycles. The van der Waals surface area contributed by atoms with Crippen LogP contribution in [0, 0.1) is 11.3 Å². The number of anilines is 1. The molecule has 0 radical (unpaired) electrons. The summed E-state index contributed by atoms with van der Waals surface area (Å²) in [6.45, 7) is 2.10. The van der Waals surface area contributed by atoms with E-state index in [9.17, 15) is 10.1 Å². The topological polar surface area (TPSA) is 57.8 Å². The Hall–Kier alpha value is -3.06. The lowest BCUT2D eigenvalue weighted by molar-refractivity contribution is 0.101. The number of Topliss-reactive ketones (excluding diaryl/α,β-unsaturated/α-hetero) is 1. The number of fused-ring (bicyclic) bond motifs is 1. The van der Waals surface area contributed by atoms with Crippen molar-refractivity contribution in [3.63, 3.8) is 0 Å². The Kier molecular flexibility index (Phi) is 3.86. The van der Waals surface area contributed by atoms with Crippen LogP contribution in [0.5, 0.6) is 0 Å². The molecule has 0 saturated heterocycles. The first-order valence-corrected chi connectivity index (χ1v) is 7.43. The number of carbonyl (C=O) groups is 1. The molecule has 3 rings (SSSR count). The third-order valence-corrected chi connectivity index (χ3v) is 4.09. The van der Waals surface area contributed by atoms with Gasteiger partial charge in [0.2, 0.25) is 0 Å². The average molecular weight is 303 g/mol. The molecule has 0 spiro atoms. The van der Waals surface area contributed by atoms with E-state index in [4.69, 9.17) is 0 Å². The van der Waals surface area contributed by atoms with Crippen LogP contribution in [0.4, 0.5) is 5.69 Å². The van der Waals surface area contributed by atoms with Gasteiger partial charge in [0.15, 0.2) is 5.78 Å². The van der Waals surface area contributed by atoms with E-state index in [2.05, 4.69) is 11.4 Å². The number of nitriles is 1. The van der Waals surface area contributed by atoms with Crippen LogP contribution >= 0.6 is 0 Å². The van der Waals surface area contributed by atoms with E-state index in [1.165, 1.54) is 0 Å². The summed E-state index contributed by atoms with van der Waals surface area (Å²) in [5, 5.41) is 13.8. The van der Waals surface area contributed by atoms with Crippen molar-refractivity contribution in [2.24, 2.45) is 7.05 Å². The van der Waals surface area contributed by atoms with E-state index in [1.807, 2.05) is 48.0 Å². The van der Waals surface area contributed by atoms with Gasteiger partial charge in [0.1, 0.15) is 6.07 Å². The number of aryl methyl sites for hydroxylation is 1. The van der Waals surface area contributed by atoms with Gasteiger partial charge < -0.3 is 9.88 Å². The number of para-hydroxylation sites is 1. The van der Waals surface area contributed by atoms with Crippen molar-refractivity contribution in [3.8, 4) is 6.07 Å². The van der Waals surface area contributed by atoms with Gasteiger partial charge in [-0.1, -0.05) is 18.2 Å². The monoisotopic (exact) mass is 303 g/mol. The number of hydrogen-bond acceptors (Lipinski definition) is 3. The van der Waals surface area contributed by atoms with E-state index in [1.54, 1.807) is 19.1 Å². The Balaban J connectivity index is 1.89. The number of ketones is 1. The van der Waals surface area contributed by atoms with Gasteiger partial charge in [-0.25, -0.2) is 0 Å². The van der Waals surface area contributed by atoms with Crippen LogP contribution in [-0.4, -0.2) is 10.4 Å². The molecule has 0 bridgehead atoms. The molecular formula is C19H17N3O. The second-order valence-electron chi connectivity index (χ2n) is 5.50. The van der Waals surface area contributed by atoms with Crippen molar-refractivity contribution in [2.45, 2.75) is 13.5 Å². The van der Waals surface area contributed by atoms with Crippen LogP contribution in [0.15, 0.2) is 48.5 Å². The van der Waals surface area contributed by atoms with E-state index in [0.29, 0.717) is 17.7 Å². The summed E-state index contributed by atoms with van der Waals surface area (Å²) in [6.07, 6.45) is 0. The summed E-state index contributed by atoms with van der Waals surface area (Å²) in [6, 6.07) is 17.6. The molecule has 0 saturated carbocycles. The largest absolute Gasteiger partial charge is 0.379 e. The SMILES string of the molecule is CC(=O)c1ccc(NCc2c(C#N)c3ccccc3n2C)cc1. The molecule has 114 valence electrons. The molecule has 4 heteroatoms. The first-order chi connectivity index (χ1) is 11.1. The van der Waals surface area contributed by atoms with E-state index in [-0.39, 0.29) is 5.78 Å². The quantitative estimate of drug-likeness (QED) is 0.744. The Morgan fingerprint density at radius 1 is 1.17 bits per heavy atom. The highest BCUT2D eigenvalue weighted by atomic mass is 16.1. The van der Waals surface area contributed by atoms with Crippen LogP contribution in [0.2, 0.25) is 0 Å². The van der Waals surface area contributed by atoms with Gasteiger partial charge in [0.05, 0.1) is 17.8 Å². The highest BCUT2D eigenvalue weighted by Gasteiger charge is 2.14. The molecule has 4 nitrogen and oxygen atoms in total. The zero-order valence-electron chi connectivity index (χ0n) is 13.1. The van der Waals surface area contributed by atoms with Gasteiger partial charge in [0, 0.05) is 29.2 Å². The van der Waals surface area contributed by atoms with Crippen molar-refractivity contribution < 1.29 is 4.79 Å². The predicted octanol–water partition coefficient (Wildman–Crippen LogP) is 3.86. The lowest BCUT2D eigenvalue weighted by atomic mass is 10.1. The number of nitrogens with one attached hydrogen (secondary N) is 1. The Morgan fingerprint density at radius 3 is 2.52 bits per heavy atom. The molecule has 0 unspecified atom stereocenters. The minimum Gasteiger partial charge on any atom is -0.379 e. The normalized spacial score (nSPS) is 10.5. The van der Waals surface area contributed by atoms with Crippen molar-refractivity contribution in [1.29, 1.82) is 5.26 Å². The number of nitrogens with zero attached hydrogens (tertiary/aromatic N) is 2. The molecule has 3 aromatic rings. The van der Waals surface area contributed by atoms with Crippen LogP contribution in [0.25, 0.3) is 10.9 Å². The number of aromatic nitrogens is 1. The molecule has 0 atom stereocenters. The number of benzene rings is 2. The van der Waals surface area contributed by atoms with E-state index < -0.39 is 0 Å². The Bertz CT molecular complexity index is 914. The molecule has 0 aliphatic carbocycles. The number of carbonyl (C=O) groups excluding carboxylic acids is 1. The van der Waals surface area contributed by atoms with Gasteiger partial charge in [-0.15, -0.1) is 0 Å². The fourth-order valence-corrected chi connectivity index (χ4v) is 2.79. The Labute approximate surface area is 135 Å². The third-order valence-electron chi connectivity index (χ3n) is 4.09. The third kappa shape index (κ3) is 2.69. The van der Waals surface area contributed by atoms with E-state index >= 15 is 0 Å². The second-order valence-corrected chi connectivity index (χ2v) is 5.50. The van der Waals surface area contributed by atoms with Crippen LogP contribution in [0.1, 0.15) is 28.5 Å². The number of hydrogen-bond donors (Lipinski definition) is 1. The average Bonchev–Trinajstić information content (AvgIpc) is 2.85. The molecule has 0 amide bonds. The summed E-state index contributed by atoms with van der Waals surface area (Å²) in [5.74, 6) is 0.0528. The first kappa shape index (κ1) is 14.9. The standard InChI is InChI=1S/C19H17N3O/c1-13(23)14-7-9-15(10-8-14)21-12-19-17(11-20)16-5-3-4-6-18(16)22(19)2/h3-10,21H,12H2,1-2H3. The Morgan fingerprint density at radius 2 is 1.87 bits per heavy atom. The maximum Gasteiger partial charge on any atom is 0.159 e. The van der Waals surface area contributed by atoms with Crippen molar-refractivity contribution in [3.05, 3.63) is 65.4 Å². The second kappa shape index (κ2) is 5.98. The molecule has 1 heterocycles. The minimum atomic E-state index is 0.0528. The molecule has 2 aromatic carbocycles. The van der Waals surface area contributed by atoms with Gasteiger partial charge in [0.25, 0.3) is 0 Å². The van der Waals surface area contributed by atoms with E-state index in [0.717, 1.165) is 22.3 Å². The summed E-state index contributed by atoms with van der Waals surface area (Å²) in [5.41, 5.74) is 4.31. The smallest absolute Gasteiger partial charge is 0.159 e. The van der Waals surface area contributed by atoms with Crippen molar-refractivity contribution in [2.75, 3.05) is 5.32 Å². The lowest BCUT2D eigenvalue weighted by Crippen LogP contribution is -2.06. The maximum absolute atomic E-state index is 11.3. The fraction of sp³-hybridized carbons (Fsp3) is 0.158.